The zero-order valence-corrected chi connectivity index (χ0v) is 18.5. The van der Waals surface area contributed by atoms with Crippen LogP contribution in [0.2, 0.25) is 0 Å². The van der Waals surface area contributed by atoms with Crippen LogP contribution in [0, 0.1) is 5.92 Å². The van der Waals surface area contributed by atoms with Crippen LogP contribution in [0.15, 0.2) is 48.5 Å². The van der Waals surface area contributed by atoms with Crippen LogP contribution in [-0.2, 0) is 19.1 Å². The molecule has 1 aliphatic carbocycles. The Morgan fingerprint density at radius 1 is 1.06 bits per heavy atom. The van der Waals surface area contributed by atoms with Crippen molar-refractivity contribution in [3.8, 4) is 11.1 Å². The van der Waals surface area contributed by atoms with E-state index in [4.69, 9.17) is 9.47 Å². The second-order valence-electron chi connectivity index (χ2n) is 8.41. The third kappa shape index (κ3) is 4.85. The summed E-state index contributed by atoms with van der Waals surface area (Å²) in [6.07, 6.45) is 0.326. The van der Waals surface area contributed by atoms with Gasteiger partial charge in [-0.1, -0.05) is 61.9 Å². The number of ether oxygens (including phenoxy) is 2. The molecule has 8 nitrogen and oxygen atoms in total. The average Bonchev–Trinajstić information content (AvgIpc) is 3.40. The third-order valence-corrected chi connectivity index (χ3v) is 6.26. The third-order valence-electron chi connectivity index (χ3n) is 6.26. The Hall–Kier alpha value is -3.39. The van der Waals surface area contributed by atoms with Crippen molar-refractivity contribution in [2.75, 3.05) is 19.8 Å². The number of nitrogens with one attached hydrogen (secondary N) is 2. The Kier molecular flexibility index (Phi) is 6.93. The van der Waals surface area contributed by atoms with E-state index in [0.29, 0.717) is 12.8 Å². The summed E-state index contributed by atoms with van der Waals surface area (Å²) in [5.74, 6) is -2.26. The summed E-state index contributed by atoms with van der Waals surface area (Å²) in [4.78, 5) is 36.5. The van der Waals surface area contributed by atoms with Gasteiger partial charge in [0.15, 0.2) is 0 Å². The van der Waals surface area contributed by atoms with Crippen LogP contribution in [0.3, 0.4) is 0 Å². The molecule has 2 unspecified atom stereocenters. The minimum atomic E-state index is -1.08. The van der Waals surface area contributed by atoms with Crippen LogP contribution < -0.4 is 10.6 Å². The Bertz CT molecular complexity index is 994. The number of hydrogen-bond acceptors (Lipinski definition) is 5. The van der Waals surface area contributed by atoms with Gasteiger partial charge in [-0.3, -0.25) is 4.79 Å². The topological polar surface area (TPSA) is 114 Å². The molecule has 2 aromatic rings. The van der Waals surface area contributed by atoms with E-state index in [1.165, 1.54) is 0 Å². The zero-order valence-electron chi connectivity index (χ0n) is 18.5. The van der Waals surface area contributed by atoms with E-state index in [1.54, 1.807) is 0 Å². The van der Waals surface area contributed by atoms with Crippen molar-refractivity contribution in [3.05, 3.63) is 59.7 Å². The molecule has 0 bridgehead atoms. The predicted molar refractivity (Wildman–Crippen MR) is 121 cm³/mol. The standard InChI is InChI=1S/C25H28N2O6/c1-2-7-21(24(29)30)26-23(28)20-12-32-14-22(20)27-25(31)33-13-19-17-10-5-3-8-15(17)16-9-4-6-11-18(16)19/h3-6,8-11,19-22H,2,7,12-14H2,1H3,(H,26,28)(H,27,31)(H,29,30)/t20?,21-,22?/m0/s1. The van der Waals surface area contributed by atoms with Gasteiger partial charge in [-0.15, -0.1) is 0 Å². The van der Waals surface area contributed by atoms with Gasteiger partial charge in [-0.2, -0.15) is 0 Å². The lowest BCUT2D eigenvalue weighted by molar-refractivity contribution is -0.142. The predicted octanol–water partition coefficient (Wildman–Crippen LogP) is 2.91. The van der Waals surface area contributed by atoms with Gasteiger partial charge in [0.25, 0.3) is 0 Å². The normalized spacial score (nSPS) is 19.9. The highest BCUT2D eigenvalue weighted by Crippen LogP contribution is 2.44. The second-order valence-corrected chi connectivity index (χ2v) is 8.41. The summed E-state index contributed by atoms with van der Waals surface area (Å²) in [5.41, 5.74) is 4.51. The summed E-state index contributed by atoms with van der Waals surface area (Å²) in [7, 11) is 0. The largest absolute Gasteiger partial charge is 0.480 e. The van der Waals surface area contributed by atoms with E-state index in [1.807, 2.05) is 43.3 Å². The highest BCUT2D eigenvalue weighted by atomic mass is 16.5. The zero-order chi connectivity index (χ0) is 23.4. The number of carboxylic acid groups (broad SMARTS) is 1. The van der Waals surface area contributed by atoms with E-state index in [9.17, 15) is 19.5 Å². The number of carbonyl (C=O) groups excluding carboxylic acids is 2. The molecule has 8 heteroatoms. The summed E-state index contributed by atoms with van der Waals surface area (Å²) >= 11 is 0. The molecular formula is C25H28N2O6. The highest BCUT2D eigenvalue weighted by Gasteiger charge is 2.37. The molecule has 33 heavy (non-hydrogen) atoms. The van der Waals surface area contributed by atoms with Crippen LogP contribution in [0.25, 0.3) is 11.1 Å². The van der Waals surface area contributed by atoms with Crippen molar-refractivity contribution >= 4 is 18.0 Å². The second kappa shape index (κ2) is 10.0. The number of amides is 2. The maximum Gasteiger partial charge on any atom is 0.407 e. The molecule has 3 N–H and O–H groups in total. The molecule has 0 saturated carbocycles. The van der Waals surface area contributed by atoms with Crippen molar-refractivity contribution in [2.45, 2.75) is 37.8 Å². The maximum atomic E-state index is 12.6. The Morgan fingerprint density at radius 3 is 2.30 bits per heavy atom. The molecule has 0 spiro atoms. The van der Waals surface area contributed by atoms with E-state index < -0.39 is 36.0 Å². The molecule has 2 aliphatic rings. The lowest BCUT2D eigenvalue weighted by Gasteiger charge is -2.21. The van der Waals surface area contributed by atoms with E-state index in [-0.39, 0.29) is 25.7 Å². The number of alkyl carbamates (subject to hydrolysis) is 1. The van der Waals surface area contributed by atoms with Crippen LogP contribution in [-0.4, -0.2) is 55.0 Å². The van der Waals surface area contributed by atoms with Gasteiger partial charge in [0, 0.05) is 5.92 Å². The highest BCUT2D eigenvalue weighted by molar-refractivity contribution is 5.86. The monoisotopic (exact) mass is 452 g/mol. The molecule has 1 saturated heterocycles. The van der Waals surface area contributed by atoms with Crippen molar-refractivity contribution < 1.29 is 29.0 Å². The van der Waals surface area contributed by atoms with Gasteiger partial charge in [0.2, 0.25) is 5.91 Å². The van der Waals surface area contributed by atoms with Gasteiger partial charge in [-0.25, -0.2) is 9.59 Å². The Labute approximate surface area is 192 Å². The first-order chi connectivity index (χ1) is 16.0. The molecule has 1 aliphatic heterocycles. The smallest absolute Gasteiger partial charge is 0.407 e. The van der Waals surface area contributed by atoms with Crippen LogP contribution in [0.5, 0.6) is 0 Å². The van der Waals surface area contributed by atoms with E-state index in [0.717, 1.165) is 22.3 Å². The number of hydrogen-bond donors (Lipinski definition) is 3. The molecular weight excluding hydrogens is 424 g/mol. The van der Waals surface area contributed by atoms with Crippen molar-refractivity contribution in [2.24, 2.45) is 5.92 Å². The number of carboxylic acids is 1. The first-order valence-corrected chi connectivity index (χ1v) is 11.2. The SMILES string of the molecule is CCC[C@H](NC(=O)C1COCC1NC(=O)OCC1c2ccccc2-c2ccccc21)C(=O)O. The molecule has 3 atom stereocenters. The maximum absolute atomic E-state index is 12.6. The number of fused-ring (bicyclic) bond motifs is 3. The molecule has 174 valence electrons. The lowest BCUT2D eigenvalue weighted by atomic mass is 9.98. The average molecular weight is 453 g/mol. The minimum Gasteiger partial charge on any atom is -0.480 e. The number of carbonyl (C=O) groups is 3. The fourth-order valence-electron chi connectivity index (χ4n) is 4.57. The number of benzene rings is 2. The summed E-state index contributed by atoms with van der Waals surface area (Å²) in [6.45, 7) is 2.29. The van der Waals surface area contributed by atoms with Crippen molar-refractivity contribution in [1.29, 1.82) is 0 Å². The van der Waals surface area contributed by atoms with Crippen molar-refractivity contribution in [3.63, 3.8) is 0 Å². The lowest BCUT2D eigenvalue weighted by Crippen LogP contribution is -2.50. The summed E-state index contributed by atoms with van der Waals surface area (Å²) in [6, 6.07) is 14.6. The quantitative estimate of drug-likeness (QED) is 0.568. The Morgan fingerprint density at radius 2 is 1.70 bits per heavy atom. The minimum absolute atomic E-state index is 0.0626. The number of rotatable bonds is 8. The Balaban J connectivity index is 1.36. The van der Waals surface area contributed by atoms with Crippen LogP contribution in [0.1, 0.15) is 36.8 Å². The molecule has 1 heterocycles. The van der Waals surface area contributed by atoms with Crippen LogP contribution in [0.4, 0.5) is 4.79 Å². The molecule has 1 fully saturated rings. The fourth-order valence-corrected chi connectivity index (χ4v) is 4.57. The summed E-state index contributed by atoms with van der Waals surface area (Å²) < 4.78 is 10.9. The van der Waals surface area contributed by atoms with E-state index in [2.05, 4.69) is 22.8 Å². The molecule has 2 aromatic carbocycles. The number of aliphatic carboxylic acids is 1. The van der Waals surface area contributed by atoms with Gasteiger partial charge in [-0.05, 0) is 28.7 Å². The molecule has 2 amide bonds. The van der Waals surface area contributed by atoms with Crippen molar-refractivity contribution in [1.82, 2.24) is 10.6 Å². The molecule has 0 radical (unpaired) electrons. The van der Waals surface area contributed by atoms with Crippen LogP contribution >= 0.6 is 0 Å². The van der Waals surface area contributed by atoms with Gasteiger partial charge >= 0.3 is 12.1 Å². The molecule has 0 aromatic heterocycles. The first-order valence-electron chi connectivity index (χ1n) is 11.2. The first kappa shape index (κ1) is 22.8. The van der Waals surface area contributed by atoms with Gasteiger partial charge in [0.05, 0.1) is 25.2 Å². The molecule has 4 rings (SSSR count). The summed E-state index contributed by atoms with van der Waals surface area (Å²) in [5, 5.41) is 14.6. The fraction of sp³-hybridized carbons (Fsp3) is 0.400. The van der Waals surface area contributed by atoms with E-state index >= 15 is 0 Å². The van der Waals surface area contributed by atoms with Gasteiger partial charge in [0.1, 0.15) is 12.6 Å². The van der Waals surface area contributed by atoms with Gasteiger partial charge < -0.3 is 25.2 Å².